The Bertz CT molecular complexity index is 3190. The first-order valence-electron chi connectivity index (χ1n) is 20.8. The second-order valence-corrected chi connectivity index (χ2v) is 19.8. The summed E-state index contributed by atoms with van der Waals surface area (Å²) in [4.78, 5) is 18.7. The van der Waals surface area contributed by atoms with Gasteiger partial charge in [0.05, 0.1) is 22.1 Å². The van der Waals surface area contributed by atoms with Crippen LogP contribution in [0.1, 0.15) is 52.7 Å². The first-order chi connectivity index (χ1) is 30.5. The Morgan fingerprint density at radius 1 is 0.379 bits per heavy atom. The van der Waals surface area contributed by atoms with E-state index in [4.69, 9.17) is 20.6 Å². The maximum Gasteiger partial charge on any atom is 3.00 e. The van der Waals surface area contributed by atoms with Crippen LogP contribution in [0.4, 0.5) is 47.9 Å². The molecule has 6 aromatic carbocycles. The number of benzene rings is 6. The number of nitrogens with zero attached hydrogens (tertiary/aromatic N) is 6. The molecule has 4 heterocycles. The molecule has 6 nitrogen and oxygen atoms in total. The summed E-state index contributed by atoms with van der Waals surface area (Å²) in [5, 5.41) is 19.3. The molecule has 4 aromatic heterocycles. The van der Waals surface area contributed by atoms with Gasteiger partial charge in [-0.05, 0) is 67.8 Å². The van der Waals surface area contributed by atoms with Crippen LogP contribution in [0, 0.1) is 0 Å². The molecule has 14 heteroatoms. The molecule has 0 atom stereocenters. The van der Waals surface area contributed by atoms with Crippen LogP contribution in [0.25, 0.3) is 75.8 Å². The Morgan fingerprint density at radius 2 is 0.727 bits per heavy atom. The molecule has 337 valence electrons. The number of pyridine rings is 4. The largest absolute Gasteiger partial charge is 3.00 e. The van der Waals surface area contributed by atoms with Gasteiger partial charge in [-0.3, -0.25) is 19.9 Å². The molecule has 0 aliphatic carbocycles. The standard InChI is InChI=1S/2C26H22N3.F6P.Fe/c2*1-26(2,3)19-14-21-20-11-5-4-8-18(20)16-28-25(21)23(15-19)29-22-12-6-9-17-10-7-13-27-24(17)22;1-7(2,3,4,5)6;/h2*4-16H,1-3H3;;/q3*-1;+3. The molecule has 0 aliphatic rings. The van der Waals surface area contributed by atoms with Gasteiger partial charge in [-0.15, -0.1) is 22.7 Å². The van der Waals surface area contributed by atoms with Crippen LogP contribution in [0.5, 0.6) is 0 Å². The summed E-state index contributed by atoms with van der Waals surface area (Å²) < 4.78 is 59.2. The summed E-state index contributed by atoms with van der Waals surface area (Å²) in [6.45, 7) is 13.4. The van der Waals surface area contributed by atoms with Crippen molar-refractivity contribution in [3.05, 3.63) is 180 Å². The summed E-state index contributed by atoms with van der Waals surface area (Å²) in [5.41, 5.74) is 9.66. The fourth-order valence-corrected chi connectivity index (χ4v) is 7.55. The molecule has 10 rings (SSSR count). The van der Waals surface area contributed by atoms with E-state index in [9.17, 15) is 25.2 Å². The van der Waals surface area contributed by atoms with Gasteiger partial charge in [0.2, 0.25) is 0 Å². The Hall–Kier alpha value is -6.39. The third kappa shape index (κ3) is 11.3. The molecular weight excluding hydrogens is 909 g/mol. The average molecular weight is 954 g/mol. The van der Waals surface area contributed by atoms with E-state index >= 15 is 0 Å². The molecule has 1 radical (unpaired) electrons. The van der Waals surface area contributed by atoms with Crippen LogP contribution in [0.3, 0.4) is 0 Å². The first-order valence-corrected chi connectivity index (χ1v) is 22.8. The number of fused-ring (bicyclic) bond motifs is 8. The van der Waals surface area contributed by atoms with E-state index in [2.05, 4.69) is 149 Å². The molecule has 0 unspecified atom stereocenters. The minimum Gasteiger partial charge on any atom is 3.00 e. The van der Waals surface area contributed by atoms with Gasteiger partial charge < -0.3 is 10.6 Å². The molecule has 0 aliphatic heterocycles. The summed E-state index contributed by atoms with van der Waals surface area (Å²) in [6, 6.07) is 46.0. The predicted octanol–water partition coefficient (Wildman–Crippen LogP) is 18.5. The molecule has 0 amide bonds. The Morgan fingerprint density at radius 3 is 1.11 bits per heavy atom. The first kappa shape index (κ1) is 47.6. The fourth-order valence-electron chi connectivity index (χ4n) is 7.55. The van der Waals surface area contributed by atoms with Crippen LogP contribution in [0.2, 0.25) is 0 Å². The molecule has 0 N–H and O–H groups in total. The monoisotopic (exact) mass is 953 g/mol. The second kappa shape index (κ2) is 17.1. The smallest absolute Gasteiger partial charge is 3.00 e. The quantitative estimate of drug-likeness (QED) is 0.0762. The van der Waals surface area contributed by atoms with Gasteiger partial charge in [-0.25, -0.2) is 0 Å². The maximum absolute atomic E-state index is 10.7. The maximum atomic E-state index is 9.87. The van der Waals surface area contributed by atoms with Gasteiger partial charge in [0.15, 0.2) is 0 Å². The molecule has 0 fully saturated rings. The van der Waals surface area contributed by atoms with Crippen molar-refractivity contribution >= 4 is 95.7 Å². The van der Waals surface area contributed by atoms with E-state index in [0.717, 1.165) is 77.1 Å². The van der Waals surface area contributed by atoms with Crippen molar-refractivity contribution in [1.82, 2.24) is 19.9 Å². The number of halogens is 6. The molecular formula is C52H44F6FeN6P. The molecule has 66 heavy (non-hydrogen) atoms. The second-order valence-electron chi connectivity index (χ2n) is 17.9. The number of rotatable bonds is 4. The molecule has 10 aromatic rings. The van der Waals surface area contributed by atoms with Crippen molar-refractivity contribution in [2.24, 2.45) is 0 Å². The van der Waals surface area contributed by atoms with Gasteiger partial charge in [0.25, 0.3) is 0 Å². The predicted molar refractivity (Wildman–Crippen MR) is 258 cm³/mol. The van der Waals surface area contributed by atoms with E-state index < -0.39 is 7.81 Å². The fraction of sp³-hybridized carbons (Fsp3) is 0.154. The zero-order valence-electron chi connectivity index (χ0n) is 36.8. The van der Waals surface area contributed by atoms with Gasteiger partial charge in [-0.1, -0.05) is 151 Å². The average Bonchev–Trinajstić information content (AvgIpc) is 3.25. The van der Waals surface area contributed by atoms with Crippen molar-refractivity contribution in [1.29, 1.82) is 0 Å². The van der Waals surface area contributed by atoms with Crippen molar-refractivity contribution in [2.75, 3.05) is 0 Å². The minimum atomic E-state index is -10.7. The summed E-state index contributed by atoms with van der Waals surface area (Å²) in [5.74, 6) is 0. The van der Waals surface area contributed by atoms with Crippen LogP contribution in [0.15, 0.2) is 158 Å². The van der Waals surface area contributed by atoms with Crippen LogP contribution in [-0.4, -0.2) is 19.9 Å². The number of hydrogen-bond donors (Lipinski definition) is 0. The number of aromatic nitrogens is 4. The van der Waals surface area contributed by atoms with E-state index in [1.54, 1.807) is 0 Å². The SMILES string of the molecule is CC(C)(C)c1cc([N-]c2cccc3cccnc23)c2ncc3ccccc3c2c1.CC(C)(C)c1cc([N-]c2cccc3cccnc23)c2ncc3ccccc3c2c1.F[P-](F)(F)(F)(F)F.[Fe+3]. The third-order valence-corrected chi connectivity index (χ3v) is 10.8. The van der Waals surface area contributed by atoms with Crippen molar-refractivity contribution in [3.8, 4) is 0 Å². The molecule has 0 saturated heterocycles. The van der Waals surface area contributed by atoms with E-state index in [1.165, 1.54) is 21.9 Å². The normalized spacial score (nSPS) is 13.0. The van der Waals surface area contributed by atoms with Gasteiger partial charge in [0, 0.05) is 46.3 Å². The topological polar surface area (TPSA) is 79.8 Å². The van der Waals surface area contributed by atoms with Gasteiger partial charge in [-0.2, -0.15) is 0 Å². The van der Waals surface area contributed by atoms with Gasteiger partial charge in [0.1, 0.15) is 0 Å². The Balaban J connectivity index is 0.000000170. The van der Waals surface area contributed by atoms with E-state index in [1.807, 2.05) is 61.2 Å². The van der Waals surface area contributed by atoms with Crippen LogP contribution < -0.4 is 0 Å². The third-order valence-electron chi connectivity index (χ3n) is 10.8. The van der Waals surface area contributed by atoms with Crippen LogP contribution in [-0.2, 0) is 27.9 Å². The molecule has 0 saturated carbocycles. The van der Waals surface area contributed by atoms with Crippen LogP contribution >= 0.6 is 7.81 Å². The summed E-state index contributed by atoms with van der Waals surface area (Å²) in [7, 11) is -10.7. The zero-order chi connectivity index (χ0) is 46.4. The Labute approximate surface area is 388 Å². The summed E-state index contributed by atoms with van der Waals surface area (Å²) >= 11 is 0. The van der Waals surface area contributed by atoms with E-state index in [-0.39, 0.29) is 27.9 Å². The van der Waals surface area contributed by atoms with Crippen molar-refractivity contribution in [2.45, 2.75) is 52.4 Å². The molecule has 0 spiro atoms. The van der Waals surface area contributed by atoms with E-state index in [0.29, 0.717) is 0 Å². The molecule has 0 bridgehead atoms. The van der Waals surface area contributed by atoms with Gasteiger partial charge >= 0.3 is 50.1 Å². The zero-order valence-corrected chi connectivity index (χ0v) is 38.8. The van der Waals surface area contributed by atoms with Crippen molar-refractivity contribution < 1.29 is 42.3 Å². The van der Waals surface area contributed by atoms with Crippen molar-refractivity contribution in [3.63, 3.8) is 0 Å². The number of para-hydroxylation sites is 2. The number of hydrogen-bond acceptors (Lipinski definition) is 4. The summed E-state index contributed by atoms with van der Waals surface area (Å²) in [6.07, 6.45) is 7.51. The Kier molecular flexibility index (Phi) is 12.3. The minimum absolute atomic E-state index is 0.